The van der Waals surface area contributed by atoms with Gasteiger partial charge in [0.25, 0.3) is 0 Å². The summed E-state index contributed by atoms with van der Waals surface area (Å²) in [6, 6.07) is 4.61. The van der Waals surface area contributed by atoms with Crippen molar-refractivity contribution in [3.8, 4) is 10.6 Å². The van der Waals surface area contributed by atoms with Crippen molar-refractivity contribution in [1.82, 2.24) is 9.97 Å². The maximum absolute atomic E-state index is 4.73. The third-order valence-electron chi connectivity index (χ3n) is 4.64. The molecule has 0 saturated carbocycles. The Kier molecular flexibility index (Phi) is 8.60. The molecule has 2 heterocycles. The maximum Gasteiger partial charge on any atom is 0.126 e. The zero-order valence-electron chi connectivity index (χ0n) is 16.5. The van der Waals surface area contributed by atoms with Gasteiger partial charge in [0, 0.05) is 10.6 Å². The fraction of sp³-hybridized carbons (Fsp3) is 0.636. The smallest absolute Gasteiger partial charge is 0.126 e. The first-order valence-electron chi connectivity index (χ1n) is 10.1. The molecule has 0 aliphatic carbocycles. The predicted molar refractivity (Wildman–Crippen MR) is 111 cm³/mol. The number of thiophene rings is 1. The summed E-state index contributed by atoms with van der Waals surface area (Å²) in [5.74, 6) is 0.879. The summed E-state index contributed by atoms with van der Waals surface area (Å²) in [5.41, 5.74) is 3.70. The average molecular weight is 359 g/mol. The van der Waals surface area contributed by atoms with Crippen LogP contribution in [0.1, 0.15) is 87.2 Å². The lowest BCUT2D eigenvalue weighted by atomic mass is 10.0. The van der Waals surface area contributed by atoms with Crippen LogP contribution in [0.4, 0.5) is 0 Å². The second-order valence-electron chi connectivity index (χ2n) is 7.13. The zero-order valence-corrected chi connectivity index (χ0v) is 17.3. The minimum Gasteiger partial charge on any atom is -0.239 e. The molecule has 2 rings (SSSR count). The molecule has 0 fully saturated rings. The SMILES string of the molecule is CCCCCCc1cc(CCCCCC)c(-c2cc(C)nc(C)n2)s1. The van der Waals surface area contributed by atoms with Crippen molar-refractivity contribution in [2.24, 2.45) is 0 Å². The number of nitrogens with zero attached hydrogens (tertiary/aromatic N) is 2. The first kappa shape index (κ1) is 20.1. The lowest BCUT2D eigenvalue weighted by Crippen LogP contribution is -1.94. The van der Waals surface area contributed by atoms with Gasteiger partial charge in [-0.3, -0.25) is 0 Å². The van der Waals surface area contributed by atoms with Crippen molar-refractivity contribution >= 4 is 11.3 Å². The Morgan fingerprint density at radius 2 is 1.48 bits per heavy atom. The van der Waals surface area contributed by atoms with E-state index < -0.39 is 0 Å². The molecule has 0 spiro atoms. The molecule has 3 heteroatoms. The van der Waals surface area contributed by atoms with Crippen LogP contribution in [0.2, 0.25) is 0 Å². The Hall–Kier alpha value is -1.22. The summed E-state index contributed by atoms with van der Waals surface area (Å²) in [6.07, 6.45) is 13.0. The Morgan fingerprint density at radius 1 is 0.800 bits per heavy atom. The van der Waals surface area contributed by atoms with Crippen molar-refractivity contribution in [3.05, 3.63) is 34.1 Å². The molecule has 0 radical (unpaired) electrons. The minimum atomic E-state index is 0.879. The first-order valence-corrected chi connectivity index (χ1v) is 10.9. The summed E-state index contributed by atoms with van der Waals surface area (Å²) in [5, 5.41) is 0. The van der Waals surface area contributed by atoms with E-state index in [1.54, 1.807) is 0 Å². The lowest BCUT2D eigenvalue weighted by molar-refractivity contribution is 0.665. The molecule has 2 aromatic rings. The van der Waals surface area contributed by atoms with Gasteiger partial charge in [-0.05, 0) is 57.2 Å². The van der Waals surface area contributed by atoms with Crippen LogP contribution >= 0.6 is 11.3 Å². The molecular weight excluding hydrogens is 324 g/mol. The van der Waals surface area contributed by atoms with Crippen LogP contribution in [0.15, 0.2) is 12.1 Å². The fourth-order valence-electron chi connectivity index (χ4n) is 3.31. The summed E-state index contributed by atoms with van der Waals surface area (Å²) < 4.78 is 0. The van der Waals surface area contributed by atoms with Gasteiger partial charge >= 0.3 is 0 Å². The molecular formula is C22H34N2S. The van der Waals surface area contributed by atoms with E-state index in [0.717, 1.165) is 17.2 Å². The van der Waals surface area contributed by atoms with Crippen LogP contribution in [-0.4, -0.2) is 9.97 Å². The van der Waals surface area contributed by atoms with Crippen molar-refractivity contribution in [2.75, 3.05) is 0 Å². The maximum atomic E-state index is 4.73. The molecule has 0 aromatic carbocycles. The number of hydrogen-bond donors (Lipinski definition) is 0. The van der Waals surface area contributed by atoms with Crippen LogP contribution in [0.25, 0.3) is 10.6 Å². The van der Waals surface area contributed by atoms with E-state index in [0.29, 0.717) is 0 Å². The normalized spacial score (nSPS) is 11.2. The van der Waals surface area contributed by atoms with Crippen LogP contribution in [0.5, 0.6) is 0 Å². The molecule has 0 atom stereocenters. The standard InChI is InChI=1S/C22H34N2S/c1-5-7-9-11-13-19-16-20(14-12-10-8-6-2)25-22(19)21-15-17(3)23-18(4)24-21/h15-16H,5-14H2,1-4H3. The first-order chi connectivity index (χ1) is 12.1. The average Bonchev–Trinajstić information content (AvgIpc) is 2.98. The monoisotopic (exact) mass is 358 g/mol. The highest BCUT2D eigenvalue weighted by Crippen LogP contribution is 2.34. The molecule has 0 amide bonds. The van der Waals surface area contributed by atoms with Crippen LogP contribution < -0.4 is 0 Å². The molecule has 25 heavy (non-hydrogen) atoms. The summed E-state index contributed by atoms with van der Waals surface area (Å²) >= 11 is 1.96. The quantitative estimate of drug-likeness (QED) is 0.401. The third-order valence-corrected chi connectivity index (χ3v) is 5.89. The fourth-order valence-corrected chi connectivity index (χ4v) is 4.52. The van der Waals surface area contributed by atoms with Gasteiger partial charge in [-0.15, -0.1) is 11.3 Å². The second-order valence-corrected chi connectivity index (χ2v) is 8.27. The van der Waals surface area contributed by atoms with Gasteiger partial charge in [0.1, 0.15) is 5.82 Å². The lowest BCUT2D eigenvalue weighted by Gasteiger charge is -2.05. The Balaban J connectivity index is 2.16. The third kappa shape index (κ3) is 6.54. The van der Waals surface area contributed by atoms with Crippen LogP contribution in [0.3, 0.4) is 0 Å². The van der Waals surface area contributed by atoms with Crippen molar-refractivity contribution < 1.29 is 0 Å². The zero-order chi connectivity index (χ0) is 18.1. The minimum absolute atomic E-state index is 0.879. The highest BCUT2D eigenvalue weighted by molar-refractivity contribution is 7.15. The van der Waals surface area contributed by atoms with Crippen molar-refractivity contribution in [3.63, 3.8) is 0 Å². The molecule has 2 nitrogen and oxygen atoms in total. The van der Waals surface area contributed by atoms with Crippen LogP contribution in [-0.2, 0) is 12.8 Å². The molecule has 0 N–H and O–H groups in total. The topological polar surface area (TPSA) is 25.8 Å². The Bertz CT molecular complexity index is 625. The van der Waals surface area contributed by atoms with E-state index in [1.807, 2.05) is 18.3 Å². The van der Waals surface area contributed by atoms with Crippen molar-refractivity contribution in [1.29, 1.82) is 0 Å². The van der Waals surface area contributed by atoms with Gasteiger partial charge in [-0.2, -0.15) is 0 Å². The van der Waals surface area contributed by atoms with Gasteiger partial charge in [-0.25, -0.2) is 9.97 Å². The van der Waals surface area contributed by atoms with E-state index in [-0.39, 0.29) is 0 Å². The molecule has 0 unspecified atom stereocenters. The number of aryl methyl sites for hydroxylation is 4. The van der Waals surface area contributed by atoms with E-state index >= 15 is 0 Å². The Morgan fingerprint density at radius 3 is 2.12 bits per heavy atom. The van der Waals surface area contributed by atoms with E-state index in [9.17, 15) is 0 Å². The summed E-state index contributed by atoms with van der Waals surface area (Å²) in [4.78, 5) is 12.1. The molecule has 2 aromatic heterocycles. The van der Waals surface area contributed by atoms with Gasteiger partial charge in [0.15, 0.2) is 0 Å². The summed E-state index contributed by atoms with van der Waals surface area (Å²) in [6.45, 7) is 8.61. The number of rotatable bonds is 11. The summed E-state index contributed by atoms with van der Waals surface area (Å²) in [7, 11) is 0. The van der Waals surface area contributed by atoms with Gasteiger partial charge in [0.2, 0.25) is 0 Å². The van der Waals surface area contributed by atoms with Gasteiger partial charge in [-0.1, -0.05) is 52.4 Å². The van der Waals surface area contributed by atoms with E-state index in [4.69, 9.17) is 4.98 Å². The molecule has 0 saturated heterocycles. The second kappa shape index (κ2) is 10.7. The highest BCUT2D eigenvalue weighted by Gasteiger charge is 2.13. The number of unbranched alkanes of at least 4 members (excludes halogenated alkanes) is 6. The number of hydrogen-bond acceptors (Lipinski definition) is 3. The van der Waals surface area contributed by atoms with Gasteiger partial charge in [0.05, 0.1) is 10.6 Å². The Labute approximate surface area is 158 Å². The molecule has 0 aliphatic heterocycles. The van der Waals surface area contributed by atoms with E-state index in [2.05, 4.69) is 37.9 Å². The number of aromatic nitrogens is 2. The molecule has 0 aliphatic rings. The largest absolute Gasteiger partial charge is 0.239 e. The van der Waals surface area contributed by atoms with Gasteiger partial charge < -0.3 is 0 Å². The highest BCUT2D eigenvalue weighted by atomic mass is 32.1. The van der Waals surface area contributed by atoms with E-state index in [1.165, 1.54) is 79.5 Å². The predicted octanol–water partition coefficient (Wildman–Crippen LogP) is 7.07. The molecule has 0 bridgehead atoms. The van der Waals surface area contributed by atoms with Crippen molar-refractivity contribution in [2.45, 2.75) is 91.9 Å². The molecule has 138 valence electrons. The van der Waals surface area contributed by atoms with Crippen LogP contribution in [0, 0.1) is 13.8 Å².